The van der Waals surface area contributed by atoms with Crippen molar-refractivity contribution in [3.63, 3.8) is 0 Å². The first-order valence-electron chi connectivity index (χ1n) is 7.43. The van der Waals surface area contributed by atoms with E-state index in [1.807, 2.05) is 6.92 Å². The summed E-state index contributed by atoms with van der Waals surface area (Å²) in [4.78, 5) is 26.3. The molecule has 0 aromatic carbocycles. The van der Waals surface area contributed by atoms with Gasteiger partial charge in [0.25, 0.3) is 0 Å². The number of rotatable bonds is 5. The van der Waals surface area contributed by atoms with Gasteiger partial charge in [-0.05, 0) is 39.0 Å². The van der Waals surface area contributed by atoms with Gasteiger partial charge in [-0.15, -0.1) is 0 Å². The molecule has 5 heteroatoms. The lowest BCUT2D eigenvalue weighted by Crippen LogP contribution is -2.47. The van der Waals surface area contributed by atoms with E-state index in [4.69, 9.17) is 4.74 Å². The number of hydrogen-bond acceptors (Lipinski definition) is 3. The number of likely N-dealkylation sites (tertiary alicyclic amines) is 1. The van der Waals surface area contributed by atoms with Crippen molar-refractivity contribution in [1.29, 1.82) is 0 Å². The van der Waals surface area contributed by atoms with Gasteiger partial charge in [-0.1, -0.05) is 0 Å². The molecule has 2 amide bonds. The maximum Gasteiger partial charge on any atom is 0.243 e. The lowest BCUT2D eigenvalue weighted by atomic mass is 10.2. The molecule has 3 fully saturated rings. The molecule has 1 N–H and O–H groups in total. The van der Waals surface area contributed by atoms with E-state index in [0.29, 0.717) is 12.6 Å². The number of carbonyl (C=O) groups excluding carboxylic acids is 2. The van der Waals surface area contributed by atoms with E-state index in [1.165, 1.54) is 0 Å². The zero-order valence-corrected chi connectivity index (χ0v) is 11.4. The second-order valence-corrected chi connectivity index (χ2v) is 5.81. The van der Waals surface area contributed by atoms with Crippen LogP contribution in [0.15, 0.2) is 0 Å². The van der Waals surface area contributed by atoms with Gasteiger partial charge in [0.15, 0.2) is 0 Å². The Morgan fingerprint density at radius 3 is 2.79 bits per heavy atom. The van der Waals surface area contributed by atoms with Crippen LogP contribution in [-0.2, 0) is 14.3 Å². The fraction of sp³-hybridized carbons (Fsp3) is 0.857. The average molecular weight is 266 g/mol. The largest absolute Gasteiger partial charge is 0.378 e. The van der Waals surface area contributed by atoms with E-state index < -0.39 is 0 Å². The highest BCUT2D eigenvalue weighted by atomic mass is 16.5. The van der Waals surface area contributed by atoms with Crippen molar-refractivity contribution in [2.45, 2.75) is 57.2 Å². The first-order valence-corrected chi connectivity index (χ1v) is 7.43. The third kappa shape index (κ3) is 2.76. The van der Waals surface area contributed by atoms with E-state index in [2.05, 4.69) is 5.32 Å². The first-order chi connectivity index (χ1) is 9.20. The number of nitrogens with one attached hydrogen (secondary N) is 1. The molecule has 0 spiro atoms. The molecular weight excluding hydrogens is 244 g/mol. The topological polar surface area (TPSA) is 58.6 Å². The molecule has 2 aliphatic carbocycles. The summed E-state index contributed by atoms with van der Waals surface area (Å²) in [5.41, 5.74) is 0. The number of nitrogens with zero attached hydrogens (tertiary/aromatic N) is 1. The van der Waals surface area contributed by atoms with Crippen LogP contribution in [0, 0.1) is 5.92 Å². The summed E-state index contributed by atoms with van der Waals surface area (Å²) in [5, 5.41) is 3.01. The molecule has 3 rings (SSSR count). The van der Waals surface area contributed by atoms with Crippen molar-refractivity contribution in [3.05, 3.63) is 0 Å². The molecule has 5 nitrogen and oxygen atoms in total. The van der Waals surface area contributed by atoms with Crippen LogP contribution in [0.2, 0.25) is 0 Å². The van der Waals surface area contributed by atoms with Crippen molar-refractivity contribution in [3.8, 4) is 0 Å². The van der Waals surface area contributed by atoms with E-state index in [0.717, 1.165) is 38.6 Å². The Labute approximate surface area is 113 Å². The third-order valence-electron chi connectivity index (χ3n) is 4.19. The SMILES string of the molecule is CCOC1CC1C(=O)N1CCCC1C(=O)NC1CC1. The Kier molecular flexibility index (Phi) is 3.48. The highest BCUT2D eigenvalue weighted by Gasteiger charge is 2.49. The highest BCUT2D eigenvalue weighted by molar-refractivity contribution is 5.90. The van der Waals surface area contributed by atoms with Crippen molar-refractivity contribution >= 4 is 11.8 Å². The minimum atomic E-state index is -0.240. The molecule has 19 heavy (non-hydrogen) atoms. The van der Waals surface area contributed by atoms with Crippen LogP contribution in [0.5, 0.6) is 0 Å². The summed E-state index contributed by atoms with van der Waals surface area (Å²) >= 11 is 0. The van der Waals surface area contributed by atoms with Crippen LogP contribution in [0.1, 0.15) is 39.0 Å². The van der Waals surface area contributed by atoms with Gasteiger partial charge in [0, 0.05) is 19.2 Å². The standard InChI is InChI=1S/C14H22N2O3/c1-2-19-12-8-10(12)14(18)16-7-3-4-11(16)13(17)15-9-5-6-9/h9-12H,2-8H2,1H3,(H,15,17). The molecule has 3 aliphatic rings. The summed E-state index contributed by atoms with van der Waals surface area (Å²) in [6, 6.07) is 0.123. The van der Waals surface area contributed by atoms with E-state index in [9.17, 15) is 9.59 Å². The molecule has 0 bridgehead atoms. The Morgan fingerprint density at radius 1 is 1.32 bits per heavy atom. The maximum atomic E-state index is 12.4. The monoisotopic (exact) mass is 266 g/mol. The van der Waals surface area contributed by atoms with Crippen LogP contribution in [0.25, 0.3) is 0 Å². The molecule has 106 valence electrons. The van der Waals surface area contributed by atoms with Crippen LogP contribution in [0.3, 0.4) is 0 Å². The van der Waals surface area contributed by atoms with Crippen LogP contribution in [0.4, 0.5) is 0 Å². The summed E-state index contributed by atoms with van der Waals surface area (Å²) in [6.45, 7) is 3.32. The number of hydrogen-bond donors (Lipinski definition) is 1. The van der Waals surface area contributed by atoms with E-state index in [1.54, 1.807) is 4.90 Å². The summed E-state index contributed by atoms with van der Waals surface area (Å²) in [6.07, 6.45) is 4.81. The molecule has 1 saturated heterocycles. The molecule has 0 radical (unpaired) electrons. The summed E-state index contributed by atoms with van der Waals surface area (Å²) in [7, 11) is 0. The van der Waals surface area contributed by atoms with Gasteiger partial charge >= 0.3 is 0 Å². The second kappa shape index (κ2) is 5.12. The molecule has 1 heterocycles. The van der Waals surface area contributed by atoms with E-state index in [-0.39, 0.29) is 29.9 Å². The highest BCUT2D eigenvalue weighted by Crippen LogP contribution is 2.37. The maximum absolute atomic E-state index is 12.4. The van der Waals surface area contributed by atoms with E-state index >= 15 is 0 Å². The van der Waals surface area contributed by atoms with Crippen molar-refractivity contribution in [1.82, 2.24) is 10.2 Å². The van der Waals surface area contributed by atoms with Crippen molar-refractivity contribution in [2.24, 2.45) is 5.92 Å². The van der Waals surface area contributed by atoms with Gasteiger partial charge in [-0.25, -0.2) is 0 Å². The predicted octanol–water partition coefficient (Wildman–Crippen LogP) is 0.681. The lowest BCUT2D eigenvalue weighted by molar-refractivity contribution is -0.140. The Morgan fingerprint density at radius 2 is 2.11 bits per heavy atom. The third-order valence-corrected chi connectivity index (χ3v) is 4.19. The van der Waals surface area contributed by atoms with Gasteiger partial charge in [-0.2, -0.15) is 0 Å². The number of carbonyl (C=O) groups is 2. The summed E-state index contributed by atoms with van der Waals surface area (Å²) < 4.78 is 5.47. The fourth-order valence-electron chi connectivity index (χ4n) is 2.87. The van der Waals surface area contributed by atoms with Gasteiger partial charge in [0.05, 0.1) is 12.0 Å². The summed E-state index contributed by atoms with van der Waals surface area (Å²) in [5.74, 6) is 0.156. The Balaban J connectivity index is 1.56. The quantitative estimate of drug-likeness (QED) is 0.796. The molecule has 3 unspecified atom stereocenters. The van der Waals surface area contributed by atoms with Gasteiger partial charge in [0.1, 0.15) is 6.04 Å². The first kappa shape index (κ1) is 12.9. The van der Waals surface area contributed by atoms with Gasteiger partial charge < -0.3 is 15.0 Å². The van der Waals surface area contributed by atoms with Crippen molar-refractivity contribution in [2.75, 3.05) is 13.2 Å². The van der Waals surface area contributed by atoms with Crippen LogP contribution in [-0.4, -0.2) is 48.1 Å². The fourth-order valence-corrected chi connectivity index (χ4v) is 2.87. The number of ether oxygens (including phenoxy) is 1. The number of amides is 2. The molecule has 2 saturated carbocycles. The molecular formula is C14H22N2O3. The molecule has 0 aromatic rings. The molecule has 0 aromatic heterocycles. The Bertz CT molecular complexity index is 381. The second-order valence-electron chi connectivity index (χ2n) is 5.81. The van der Waals surface area contributed by atoms with Crippen molar-refractivity contribution < 1.29 is 14.3 Å². The molecule has 1 aliphatic heterocycles. The minimum absolute atomic E-state index is 0.00530. The van der Waals surface area contributed by atoms with Gasteiger partial charge in [-0.3, -0.25) is 9.59 Å². The minimum Gasteiger partial charge on any atom is -0.378 e. The average Bonchev–Trinajstić information content (AvgIpc) is 3.29. The van der Waals surface area contributed by atoms with Gasteiger partial charge in [0.2, 0.25) is 11.8 Å². The molecule has 3 atom stereocenters. The Hall–Kier alpha value is -1.10. The smallest absolute Gasteiger partial charge is 0.243 e. The zero-order chi connectivity index (χ0) is 13.4. The lowest BCUT2D eigenvalue weighted by Gasteiger charge is -2.24. The zero-order valence-electron chi connectivity index (χ0n) is 11.4. The predicted molar refractivity (Wildman–Crippen MR) is 69.4 cm³/mol. The van der Waals surface area contributed by atoms with Crippen LogP contribution >= 0.6 is 0 Å². The van der Waals surface area contributed by atoms with Crippen LogP contribution < -0.4 is 5.32 Å². The normalized spacial score (nSPS) is 33.3.